The van der Waals surface area contributed by atoms with E-state index in [4.69, 9.17) is 28.3 Å². The minimum absolute atomic E-state index is 0.348. The van der Waals surface area contributed by atoms with Crippen LogP contribution in [0.4, 0.5) is 0 Å². The van der Waals surface area contributed by atoms with Crippen molar-refractivity contribution in [1.29, 1.82) is 0 Å². The van der Waals surface area contributed by atoms with Crippen LogP contribution in [0.2, 0.25) is 0 Å². The first-order chi connectivity index (χ1) is 5.01. The molecule has 4 heteroatoms. The standard InChI is InChI=1S/C7H10Cl2O2/c8-7(9)3-1-2-5(4-7)6(10)11/h5H,1-4H2,(H,10,11). The summed E-state index contributed by atoms with van der Waals surface area (Å²) < 4.78 is -0.804. The fraction of sp³-hybridized carbons (Fsp3) is 0.857. The molecule has 0 aromatic carbocycles. The lowest BCUT2D eigenvalue weighted by Gasteiger charge is -2.28. The van der Waals surface area contributed by atoms with Gasteiger partial charge in [0.15, 0.2) is 0 Å². The number of alkyl halides is 2. The summed E-state index contributed by atoms with van der Waals surface area (Å²) in [6.45, 7) is 0. The van der Waals surface area contributed by atoms with E-state index in [2.05, 4.69) is 0 Å². The molecule has 1 N–H and O–H groups in total. The predicted octanol–water partition coefficient (Wildman–Crippen LogP) is 2.44. The molecule has 0 aromatic heterocycles. The lowest BCUT2D eigenvalue weighted by molar-refractivity contribution is -0.142. The van der Waals surface area contributed by atoms with Gasteiger partial charge in [0.2, 0.25) is 0 Å². The number of aliphatic carboxylic acids is 1. The Bertz CT molecular complexity index is 168. The molecule has 0 aliphatic heterocycles. The Kier molecular flexibility index (Phi) is 2.66. The zero-order valence-corrected chi connectivity index (χ0v) is 7.53. The fourth-order valence-electron chi connectivity index (χ4n) is 1.38. The van der Waals surface area contributed by atoms with Crippen LogP contribution in [0.5, 0.6) is 0 Å². The van der Waals surface area contributed by atoms with Gasteiger partial charge >= 0.3 is 5.97 Å². The number of carbonyl (C=O) groups is 1. The Morgan fingerprint density at radius 2 is 2.18 bits per heavy atom. The average Bonchev–Trinajstić information content (AvgIpc) is 1.85. The van der Waals surface area contributed by atoms with E-state index >= 15 is 0 Å². The highest BCUT2D eigenvalue weighted by molar-refractivity contribution is 6.48. The maximum Gasteiger partial charge on any atom is 0.306 e. The smallest absolute Gasteiger partial charge is 0.306 e. The van der Waals surface area contributed by atoms with Crippen molar-refractivity contribution in [2.75, 3.05) is 0 Å². The molecule has 2 nitrogen and oxygen atoms in total. The van der Waals surface area contributed by atoms with Crippen LogP contribution in [-0.2, 0) is 4.79 Å². The highest BCUT2D eigenvalue weighted by Gasteiger charge is 2.35. The maximum atomic E-state index is 10.5. The number of hydrogen-bond acceptors (Lipinski definition) is 1. The van der Waals surface area contributed by atoms with E-state index in [1.165, 1.54) is 0 Å². The van der Waals surface area contributed by atoms with Gasteiger partial charge in [0.1, 0.15) is 4.33 Å². The molecule has 1 saturated carbocycles. The summed E-state index contributed by atoms with van der Waals surface area (Å²) >= 11 is 11.6. The largest absolute Gasteiger partial charge is 0.481 e. The van der Waals surface area contributed by atoms with E-state index in [9.17, 15) is 4.79 Å². The molecule has 1 aliphatic rings. The molecule has 0 radical (unpaired) electrons. The summed E-state index contributed by atoms with van der Waals surface area (Å²) in [5, 5.41) is 8.65. The quantitative estimate of drug-likeness (QED) is 0.655. The van der Waals surface area contributed by atoms with E-state index in [0.29, 0.717) is 19.3 Å². The summed E-state index contributed by atoms with van der Waals surface area (Å²) in [6.07, 6.45) is 2.60. The van der Waals surface area contributed by atoms with Crippen LogP contribution in [0.25, 0.3) is 0 Å². The van der Waals surface area contributed by atoms with Gasteiger partial charge in [0, 0.05) is 0 Å². The van der Waals surface area contributed by atoms with E-state index in [1.54, 1.807) is 0 Å². The summed E-state index contributed by atoms with van der Waals surface area (Å²) in [5.41, 5.74) is 0. The number of rotatable bonds is 1. The van der Waals surface area contributed by atoms with Gasteiger partial charge in [0.25, 0.3) is 0 Å². The van der Waals surface area contributed by atoms with E-state index in [1.807, 2.05) is 0 Å². The van der Waals surface area contributed by atoms with Crippen LogP contribution >= 0.6 is 23.2 Å². The molecule has 1 atom stereocenters. The molecule has 0 bridgehead atoms. The molecule has 0 aromatic rings. The van der Waals surface area contributed by atoms with Gasteiger partial charge in [-0.3, -0.25) is 4.79 Å². The SMILES string of the molecule is O=C(O)C1CCCC(Cl)(Cl)C1. The van der Waals surface area contributed by atoms with Crippen LogP contribution in [0.3, 0.4) is 0 Å². The second-order valence-corrected chi connectivity index (χ2v) is 4.63. The maximum absolute atomic E-state index is 10.5. The molecule has 0 spiro atoms. The van der Waals surface area contributed by atoms with Crippen molar-refractivity contribution in [3.63, 3.8) is 0 Å². The van der Waals surface area contributed by atoms with Crippen LogP contribution < -0.4 is 0 Å². The monoisotopic (exact) mass is 196 g/mol. The molecule has 11 heavy (non-hydrogen) atoms. The third kappa shape index (κ3) is 2.53. The molecule has 1 aliphatic carbocycles. The average molecular weight is 197 g/mol. The fourth-order valence-corrected chi connectivity index (χ4v) is 2.02. The number of halogens is 2. The van der Waals surface area contributed by atoms with Crippen molar-refractivity contribution >= 4 is 29.2 Å². The van der Waals surface area contributed by atoms with Gasteiger partial charge in [-0.2, -0.15) is 0 Å². The Morgan fingerprint density at radius 1 is 1.55 bits per heavy atom. The van der Waals surface area contributed by atoms with Crippen LogP contribution in [0, 0.1) is 5.92 Å². The third-order valence-electron chi connectivity index (χ3n) is 1.99. The lowest BCUT2D eigenvalue weighted by atomic mass is 9.89. The van der Waals surface area contributed by atoms with E-state index in [-0.39, 0.29) is 5.92 Å². The molecular formula is C7H10Cl2O2. The molecule has 1 unspecified atom stereocenters. The molecule has 0 saturated heterocycles. The summed E-state index contributed by atoms with van der Waals surface area (Å²) in [6, 6.07) is 0. The van der Waals surface area contributed by atoms with Crippen molar-refractivity contribution < 1.29 is 9.90 Å². The van der Waals surface area contributed by atoms with Gasteiger partial charge in [-0.05, 0) is 25.7 Å². The minimum Gasteiger partial charge on any atom is -0.481 e. The van der Waals surface area contributed by atoms with Gasteiger partial charge in [-0.1, -0.05) is 0 Å². The van der Waals surface area contributed by atoms with Crippen molar-refractivity contribution in [2.24, 2.45) is 5.92 Å². The van der Waals surface area contributed by atoms with Crippen LogP contribution in [0.1, 0.15) is 25.7 Å². The second kappa shape index (κ2) is 3.20. The van der Waals surface area contributed by atoms with E-state index < -0.39 is 10.3 Å². The summed E-state index contributed by atoms with van der Waals surface area (Å²) in [4.78, 5) is 10.5. The predicted molar refractivity (Wildman–Crippen MR) is 44.0 cm³/mol. The third-order valence-corrected chi connectivity index (χ3v) is 2.68. The highest BCUT2D eigenvalue weighted by Crippen LogP contribution is 2.40. The minimum atomic E-state index is -0.804. The first-order valence-electron chi connectivity index (χ1n) is 3.62. The number of carboxylic acids is 1. The zero-order chi connectivity index (χ0) is 8.48. The topological polar surface area (TPSA) is 37.3 Å². The zero-order valence-electron chi connectivity index (χ0n) is 6.02. The first-order valence-corrected chi connectivity index (χ1v) is 4.37. The van der Waals surface area contributed by atoms with Crippen LogP contribution in [-0.4, -0.2) is 15.4 Å². The Hall–Kier alpha value is 0.0500. The molecule has 0 amide bonds. The molecular weight excluding hydrogens is 187 g/mol. The summed E-state index contributed by atoms with van der Waals surface area (Å²) in [5.74, 6) is -1.13. The Labute approximate surface area is 75.5 Å². The molecule has 64 valence electrons. The van der Waals surface area contributed by atoms with Gasteiger partial charge in [0.05, 0.1) is 5.92 Å². The first kappa shape index (κ1) is 9.14. The van der Waals surface area contributed by atoms with E-state index in [0.717, 1.165) is 6.42 Å². The molecule has 0 heterocycles. The summed E-state index contributed by atoms with van der Waals surface area (Å²) in [7, 11) is 0. The van der Waals surface area contributed by atoms with Crippen molar-refractivity contribution in [3.05, 3.63) is 0 Å². The van der Waals surface area contributed by atoms with Crippen molar-refractivity contribution in [2.45, 2.75) is 30.0 Å². The normalized spacial score (nSPS) is 29.8. The van der Waals surface area contributed by atoms with Gasteiger partial charge < -0.3 is 5.11 Å². The Balaban J connectivity index is 2.53. The number of hydrogen-bond donors (Lipinski definition) is 1. The number of carboxylic acid groups (broad SMARTS) is 1. The van der Waals surface area contributed by atoms with Gasteiger partial charge in [-0.15, -0.1) is 23.2 Å². The Morgan fingerprint density at radius 3 is 2.55 bits per heavy atom. The van der Waals surface area contributed by atoms with Crippen LogP contribution in [0.15, 0.2) is 0 Å². The van der Waals surface area contributed by atoms with Crippen molar-refractivity contribution in [3.8, 4) is 0 Å². The molecule has 1 fully saturated rings. The molecule has 1 rings (SSSR count). The lowest BCUT2D eigenvalue weighted by Crippen LogP contribution is -2.28. The van der Waals surface area contributed by atoms with Gasteiger partial charge in [-0.25, -0.2) is 0 Å². The second-order valence-electron chi connectivity index (χ2n) is 2.99. The van der Waals surface area contributed by atoms with Crippen molar-refractivity contribution in [1.82, 2.24) is 0 Å². The highest BCUT2D eigenvalue weighted by atomic mass is 35.5.